The summed E-state index contributed by atoms with van der Waals surface area (Å²) in [5.41, 5.74) is 9.10. The lowest BCUT2D eigenvalue weighted by Crippen LogP contribution is -2.26. The summed E-state index contributed by atoms with van der Waals surface area (Å²) in [5, 5.41) is 3.47. The minimum atomic E-state index is 0.0763. The molecule has 0 fully saturated rings. The number of benzene rings is 1. The molecule has 0 atom stereocenters. The van der Waals surface area contributed by atoms with Crippen LogP contribution in [-0.2, 0) is 5.41 Å². The van der Waals surface area contributed by atoms with Crippen molar-refractivity contribution in [3.8, 4) is 0 Å². The number of thiophene rings is 1. The zero-order valence-electron chi connectivity index (χ0n) is 11.5. The molecule has 2 nitrogen and oxygen atoms in total. The van der Waals surface area contributed by atoms with Gasteiger partial charge in [0.15, 0.2) is 0 Å². The number of hydrogen-bond acceptors (Lipinski definition) is 3. The lowest BCUT2D eigenvalue weighted by molar-refractivity contribution is 0.569. The van der Waals surface area contributed by atoms with Gasteiger partial charge >= 0.3 is 0 Å². The van der Waals surface area contributed by atoms with E-state index in [1.807, 2.05) is 12.1 Å². The van der Waals surface area contributed by atoms with E-state index in [0.29, 0.717) is 0 Å². The Morgan fingerprint density at radius 2 is 2.00 bits per heavy atom. The molecule has 0 saturated carbocycles. The van der Waals surface area contributed by atoms with Gasteiger partial charge in [-0.2, -0.15) is 0 Å². The summed E-state index contributed by atoms with van der Waals surface area (Å²) in [4.78, 5) is 1.36. The SMILES string of the molecule is Cc1ccc(N)c(NCC(C)(C)c2ccc(Br)s2)c1. The molecule has 102 valence electrons. The lowest BCUT2D eigenvalue weighted by Gasteiger charge is -2.25. The van der Waals surface area contributed by atoms with Crippen LogP contribution in [0.5, 0.6) is 0 Å². The van der Waals surface area contributed by atoms with Crippen LogP contribution in [0.15, 0.2) is 34.1 Å². The van der Waals surface area contributed by atoms with Crippen molar-refractivity contribution in [1.29, 1.82) is 0 Å². The van der Waals surface area contributed by atoms with E-state index in [1.165, 1.54) is 14.2 Å². The highest BCUT2D eigenvalue weighted by Gasteiger charge is 2.22. The van der Waals surface area contributed by atoms with Crippen LogP contribution in [0.25, 0.3) is 0 Å². The van der Waals surface area contributed by atoms with E-state index < -0.39 is 0 Å². The number of rotatable bonds is 4. The summed E-state index contributed by atoms with van der Waals surface area (Å²) in [7, 11) is 0. The Balaban J connectivity index is 2.11. The minimum absolute atomic E-state index is 0.0763. The molecule has 1 aromatic carbocycles. The average molecular weight is 339 g/mol. The van der Waals surface area contributed by atoms with Gasteiger partial charge in [0.1, 0.15) is 0 Å². The molecule has 0 radical (unpaired) electrons. The maximum absolute atomic E-state index is 5.99. The number of nitrogens with one attached hydrogen (secondary N) is 1. The van der Waals surface area contributed by atoms with Crippen LogP contribution >= 0.6 is 27.3 Å². The van der Waals surface area contributed by atoms with Gasteiger partial charge in [-0.15, -0.1) is 11.3 Å². The summed E-state index contributed by atoms with van der Waals surface area (Å²) in [5.74, 6) is 0. The molecule has 0 amide bonds. The Morgan fingerprint density at radius 3 is 2.63 bits per heavy atom. The van der Waals surface area contributed by atoms with E-state index in [0.717, 1.165) is 17.9 Å². The smallest absolute Gasteiger partial charge is 0.0701 e. The third-order valence-electron chi connectivity index (χ3n) is 3.17. The van der Waals surface area contributed by atoms with Gasteiger partial charge in [0.2, 0.25) is 0 Å². The Labute approximate surface area is 127 Å². The van der Waals surface area contributed by atoms with Crippen molar-refractivity contribution < 1.29 is 0 Å². The molecular weight excluding hydrogens is 320 g/mol. The molecule has 0 aliphatic rings. The fourth-order valence-corrected chi connectivity index (χ4v) is 3.39. The maximum Gasteiger partial charge on any atom is 0.0701 e. The van der Waals surface area contributed by atoms with Crippen LogP contribution in [0.2, 0.25) is 0 Å². The van der Waals surface area contributed by atoms with Crippen molar-refractivity contribution in [3.63, 3.8) is 0 Å². The van der Waals surface area contributed by atoms with Gasteiger partial charge in [-0.05, 0) is 52.7 Å². The Morgan fingerprint density at radius 1 is 1.26 bits per heavy atom. The van der Waals surface area contributed by atoms with E-state index in [4.69, 9.17) is 5.73 Å². The molecule has 2 aromatic rings. The first-order valence-corrected chi connectivity index (χ1v) is 7.85. The predicted octanol–water partition coefficient (Wildman–Crippen LogP) is 4.79. The van der Waals surface area contributed by atoms with Crippen LogP contribution in [0.3, 0.4) is 0 Å². The highest BCUT2D eigenvalue weighted by atomic mass is 79.9. The van der Waals surface area contributed by atoms with E-state index in [9.17, 15) is 0 Å². The molecular formula is C15H19BrN2S. The zero-order chi connectivity index (χ0) is 14.0. The van der Waals surface area contributed by atoms with Crippen molar-refractivity contribution in [2.45, 2.75) is 26.2 Å². The summed E-state index contributed by atoms with van der Waals surface area (Å²) in [6, 6.07) is 10.4. The molecule has 0 saturated heterocycles. The molecule has 0 aliphatic heterocycles. The summed E-state index contributed by atoms with van der Waals surface area (Å²) in [6.45, 7) is 7.41. The van der Waals surface area contributed by atoms with Crippen molar-refractivity contribution in [1.82, 2.24) is 0 Å². The molecule has 19 heavy (non-hydrogen) atoms. The molecule has 2 rings (SSSR count). The quantitative estimate of drug-likeness (QED) is 0.786. The number of aryl methyl sites for hydroxylation is 1. The maximum atomic E-state index is 5.99. The molecule has 3 N–H and O–H groups in total. The van der Waals surface area contributed by atoms with Gasteiger partial charge < -0.3 is 11.1 Å². The normalized spacial score (nSPS) is 11.6. The molecule has 0 spiro atoms. The topological polar surface area (TPSA) is 38.0 Å². The molecule has 0 aliphatic carbocycles. The first-order valence-electron chi connectivity index (χ1n) is 6.24. The Hall–Kier alpha value is -1.000. The second-order valence-corrected chi connectivity index (χ2v) is 7.89. The van der Waals surface area contributed by atoms with E-state index >= 15 is 0 Å². The monoisotopic (exact) mass is 338 g/mol. The number of nitrogens with two attached hydrogens (primary N) is 1. The van der Waals surface area contributed by atoms with Gasteiger partial charge in [0.25, 0.3) is 0 Å². The first kappa shape index (κ1) is 14.4. The number of halogens is 1. The van der Waals surface area contributed by atoms with E-state index in [-0.39, 0.29) is 5.41 Å². The van der Waals surface area contributed by atoms with Crippen LogP contribution in [0.1, 0.15) is 24.3 Å². The van der Waals surface area contributed by atoms with Gasteiger partial charge in [-0.1, -0.05) is 19.9 Å². The van der Waals surface area contributed by atoms with Crippen molar-refractivity contribution in [2.75, 3.05) is 17.6 Å². The van der Waals surface area contributed by atoms with Crippen LogP contribution in [0.4, 0.5) is 11.4 Å². The molecule has 4 heteroatoms. The average Bonchev–Trinajstić information content (AvgIpc) is 2.78. The van der Waals surface area contributed by atoms with Gasteiger partial charge in [0.05, 0.1) is 15.2 Å². The van der Waals surface area contributed by atoms with Crippen molar-refractivity contribution >= 4 is 38.6 Å². The third-order valence-corrected chi connectivity index (χ3v) is 5.16. The van der Waals surface area contributed by atoms with Gasteiger partial charge in [-0.25, -0.2) is 0 Å². The molecule has 0 bridgehead atoms. The van der Waals surface area contributed by atoms with Crippen molar-refractivity contribution in [2.24, 2.45) is 0 Å². The number of hydrogen-bond donors (Lipinski definition) is 2. The van der Waals surface area contributed by atoms with Gasteiger partial charge in [-0.3, -0.25) is 0 Å². The third kappa shape index (κ3) is 3.51. The predicted molar refractivity (Wildman–Crippen MR) is 89.1 cm³/mol. The molecule has 0 unspecified atom stereocenters. The fraction of sp³-hybridized carbons (Fsp3) is 0.333. The van der Waals surface area contributed by atoms with Crippen LogP contribution in [0, 0.1) is 6.92 Å². The number of anilines is 2. The van der Waals surface area contributed by atoms with Crippen molar-refractivity contribution in [3.05, 3.63) is 44.6 Å². The Bertz CT molecular complexity index is 575. The van der Waals surface area contributed by atoms with Crippen LogP contribution in [-0.4, -0.2) is 6.54 Å². The Kier molecular flexibility index (Phi) is 4.21. The summed E-state index contributed by atoms with van der Waals surface area (Å²) >= 11 is 5.30. The van der Waals surface area contributed by atoms with Crippen LogP contribution < -0.4 is 11.1 Å². The first-order chi connectivity index (χ1) is 8.88. The summed E-state index contributed by atoms with van der Waals surface area (Å²) in [6.07, 6.45) is 0. The lowest BCUT2D eigenvalue weighted by atomic mass is 9.91. The highest BCUT2D eigenvalue weighted by molar-refractivity contribution is 9.11. The standard InChI is InChI=1S/C15H19BrN2S/c1-10-4-5-11(17)12(8-10)18-9-15(2,3)13-6-7-14(16)19-13/h4-8,18H,9,17H2,1-3H3. The highest BCUT2D eigenvalue weighted by Crippen LogP contribution is 2.33. The largest absolute Gasteiger partial charge is 0.397 e. The second-order valence-electron chi connectivity index (χ2n) is 5.43. The zero-order valence-corrected chi connectivity index (χ0v) is 13.9. The second kappa shape index (κ2) is 5.55. The van der Waals surface area contributed by atoms with E-state index in [2.05, 4.69) is 60.2 Å². The van der Waals surface area contributed by atoms with Gasteiger partial charge in [0, 0.05) is 16.8 Å². The van der Waals surface area contributed by atoms with E-state index in [1.54, 1.807) is 11.3 Å². The summed E-state index contributed by atoms with van der Waals surface area (Å²) < 4.78 is 1.17. The minimum Gasteiger partial charge on any atom is -0.397 e. The fourth-order valence-electron chi connectivity index (χ4n) is 1.90. The molecule has 1 heterocycles. The number of nitrogen functional groups attached to an aromatic ring is 1. The molecule has 1 aromatic heterocycles.